The number of pyridine rings is 1. The highest BCUT2D eigenvalue weighted by atomic mass is 32.2. The standard InChI is InChI=1S/C21H28N2O3S/c1-21(2,3)14-9-10-18-16(13-14)19(15-7-5-6-8-17(15)23-18)20(24)22-11-12-27(4,25)26/h5-8,14H,9-13H2,1-4H3,(H,22,24). The van der Waals surface area contributed by atoms with E-state index >= 15 is 0 Å². The van der Waals surface area contributed by atoms with E-state index < -0.39 is 9.84 Å². The minimum absolute atomic E-state index is 0.0609. The van der Waals surface area contributed by atoms with Crippen molar-refractivity contribution < 1.29 is 13.2 Å². The van der Waals surface area contributed by atoms with Gasteiger partial charge < -0.3 is 5.32 Å². The number of nitrogens with one attached hydrogen (secondary N) is 1. The van der Waals surface area contributed by atoms with Crippen molar-refractivity contribution in [2.75, 3.05) is 18.6 Å². The van der Waals surface area contributed by atoms with E-state index in [4.69, 9.17) is 4.98 Å². The molecule has 1 amide bonds. The van der Waals surface area contributed by atoms with Crippen LogP contribution in [0.1, 0.15) is 48.8 Å². The molecule has 27 heavy (non-hydrogen) atoms. The van der Waals surface area contributed by atoms with E-state index in [-0.39, 0.29) is 23.6 Å². The van der Waals surface area contributed by atoms with Crippen molar-refractivity contribution in [2.45, 2.75) is 40.0 Å². The van der Waals surface area contributed by atoms with Gasteiger partial charge in [0.25, 0.3) is 5.91 Å². The number of carbonyl (C=O) groups excluding carboxylic acids is 1. The lowest BCUT2D eigenvalue weighted by atomic mass is 9.70. The van der Waals surface area contributed by atoms with Crippen LogP contribution in [-0.2, 0) is 22.7 Å². The Morgan fingerprint density at radius 1 is 1.26 bits per heavy atom. The number of carbonyl (C=O) groups is 1. The van der Waals surface area contributed by atoms with Crippen LogP contribution in [0.3, 0.4) is 0 Å². The molecule has 0 bridgehead atoms. The number of rotatable bonds is 4. The average molecular weight is 389 g/mol. The van der Waals surface area contributed by atoms with Crippen LogP contribution in [0.2, 0.25) is 0 Å². The Labute approximate surface area is 161 Å². The van der Waals surface area contributed by atoms with Gasteiger partial charge in [-0.25, -0.2) is 8.42 Å². The molecular formula is C21H28N2O3S. The number of amides is 1. The Morgan fingerprint density at radius 2 is 1.96 bits per heavy atom. The highest BCUT2D eigenvalue weighted by Gasteiger charge is 2.32. The molecule has 1 unspecified atom stereocenters. The summed E-state index contributed by atoms with van der Waals surface area (Å²) in [7, 11) is -3.12. The molecule has 0 saturated carbocycles. The molecule has 5 nitrogen and oxygen atoms in total. The summed E-state index contributed by atoms with van der Waals surface area (Å²) in [5, 5.41) is 3.64. The maximum absolute atomic E-state index is 13.0. The van der Waals surface area contributed by atoms with Crippen molar-refractivity contribution >= 4 is 26.6 Å². The number of hydrogen-bond acceptors (Lipinski definition) is 4. The zero-order chi connectivity index (χ0) is 19.8. The zero-order valence-electron chi connectivity index (χ0n) is 16.5. The van der Waals surface area contributed by atoms with Gasteiger partial charge in [0.15, 0.2) is 0 Å². The van der Waals surface area contributed by atoms with Crippen LogP contribution in [0.15, 0.2) is 24.3 Å². The van der Waals surface area contributed by atoms with Gasteiger partial charge in [-0.05, 0) is 42.2 Å². The molecule has 146 valence electrons. The summed E-state index contributed by atoms with van der Waals surface area (Å²) < 4.78 is 22.8. The van der Waals surface area contributed by atoms with E-state index in [9.17, 15) is 13.2 Å². The highest BCUT2D eigenvalue weighted by Crippen LogP contribution is 2.39. The topological polar surface area (TPSA) is 76.1 Å². The maximum atomic E-state index is 13.0. The van der Waals surface area contributed by atoms with Gasteiger partial charge in [0.2, 0.25) is 0 Å². The molecule has 1 heterocycles. The molecule has 1 aromatic heterocycles. The van der Waals surface area contributed by atoms with Crippen molar-refractivity contribution in [1.82, 2.24) is 10.3 Å². The Hall–Kier alpha value is -1.95. The SMILES string of the molecule is CC(C)(C)C1CCc2nc3ccccc3c(C(=O)NCCS(C)(=O)=O)c2C1. The van der Waals surface area contributed by atoms with Crippen molar-refractivity contribution in [3.05, 3.63) is 41.1 Å². The number of fused-ring (bicyclic) bond motifs is 2. The monoisotopic (exact) mass is 388 g/mol. The van der Waals surface area contributed by atoms with Gasteiger partial charge in [-0.1, -0.05) is 39.0 Å². The van der Waals surface area contributed by atoms with Gasteiger partial charge in [-0.2, -0.15) is 0 Å². The molecule has 1 atom stereocenters. The lowest BCUT2D eigenvalue weighted by Crippen LogP contribution is -2.33. The maximum Gasteiger partial charge on any atom is 0.252 e. The second-order valence-electron chi connectivity index (χ2n) is 8.62. The molecule has 0 saturated heterocycles. The molecule has 0 aliphatic heterocycles. The van der Waals surface area contributed by atoms with Crippen LogP contribution in [0.4, 0.5) is 0 Å². The second kappa shape index (κ2) is 7.23. The molecule has 6 heteroatoms. The van der Waals surface area contributed by atoms with Gasteiger partial charge in [-0.3, -0.25) is 9.78 Å². The summed E-state index contributed by atoms with van der Waals surface area (Å²) >= 11 is 0. The van der Waals surface area contributed by atoms with E-state index in [1.54, 1.807) is 0 Å². The van der Waals surface area contributed by atoms with Crippen molar-refractivity contribution in [3.63, 3.8) is 0 Å². The minimum Gasteiger partial charge on any atom is -0.351 e. The summed E-state index contributed by atoms with van der Waals surface area (Å²) in [6.07, 6.45) is 3.94. The fourth-order valence-electron chi connectivity index (χ4n) is 3.83. The number of para-hydroxylation sites is 1. The number of nitrogens with zero attached hydrogens (tertiary/aromatic N) is 1. The number of hydrogen-bond donors (Lipinski definition) is 1. The first-order valence-electron chi connectivity index (χ1n) is 9.42. The Kier molecular flexibility index (Phi) is 5.30. The fraction of sp³-hybridized carbons (Fsp3) is 0.524. The Morgan fingerprint density at radius 3 is 2.63 bits per heavy atom. The van der Waals surface area contributed by atoms with Crippen LogP contribution in [0.5, 0.6) is 0 Å². The number of benzene rings is 1. The lowest BCUT2D eigenvalue weighted by molar-refractivity contribution is 0.0955. The van der Waals surface area contributed by atoms with E-state index in [1.807, 2.05) is 24.3 Å². The summed E-state index contributed by atoms with van der Waals surface area (Å²) in [6, 6.07) is 7.69. The molecule has 2 aromatic rings. The first kappa shape index (κ1) is 19.8. The predicted octanol–water partition coefficient (Wildman–Crippen LogP) is 3.16. The van der Waals surface area contributed by atoms with Crippen LogP contribution < -0.4 is 5.32 Å². The summed E-state index contributed by atoms with van der Waals surface area (Å²) in [4.78, 5) is 17.9. The largest absolute Gasteiger partial charge is 0.351 e. The second-order valence-corrected chi connectivity index (χ2v) is 10.9. The van der Waals surface area contributed by atoms with Crippen LogP contribution in [0.25, 0.3) is 10.9 Å². The first-order valence-corrected chi connectivity index (χ1v) is 11.5. The number of sulfone groups is 1. The van der Waals surface area contributed by atoms with Gasteiger partial charge >= 0.3 is 0 Å². The van der Waals surface area contributed by atoms with Crippen molar-refractivity contribution in [1.29, 1.82) is 0 Å². The molecule has 0 spiro atoms. The first-order chi connectivity index (χ1) is 12.6. The minimum atomic E-state index is -3.12. The summed E-state index contributed by atoms with van der Waals surface area (Å²) in [5.74, 6) is 0.216. The van der Waals surface area contributed by atoms with Gasteiger partial charge in [0.05, 0.1) is 16.8 Å². The molecule has 1 N–H and O–H groups in total. The van der Waals surface area contributed by atoms with Crippen LogP contribution >= 0.6 is 0 Å². The molecule has 0 radical (unpaired) electrons. The van der Waals surface area contributed by atoms with E-state index in [0.717, 1.165) is 41.4 Å². The third-order valence-electron chi connectivity index (χ3n) is 5.47. The number of aryl methyl sites for hydroxylation is 1. The van der Waals surface area contributed by atoms with Crippen molar-refractivity contribution in [2.24, 2.45) is 11.3 Å². The van der Waals surface area contributed by atoms with E-state index in [1.165, 1.54) is 6.26 Å². The van der Waals surface area contributed by atoms with Gasteiger partial charge in [-0.15, -0.1) is 0 Å². The molecule has 3 rings (SSSR count). The number of aromatic nitrogens is 1. The molecule has 1 aliphatic rings. The normalized spacial score (nSPS) is 17.6. The molecule has 1 aliphatic carbocycles. The third-order valence-corrected chi connectivity index (χ3v) is 6.41. The van der Waals surface area contributed by atoms with Crippen LogP contribution in [0, 0.1) is 11.3 Å². The average Bonchev–Trinajstić information content (AvgIpc) is 2.57. The van der Waals surface area contributed by atoms with E-state index in [0.29, 0.717) is 11.5 Å². The lowest BCUT2D eigenvalue weighted by Gasteiger charge is -2.35. The van der Waals surface area contributed by atoms with E-state index in [2.05, 4.69) is 26.1 Å². The third kappa shape index (κ3) is 4.49. The Balaban J connectivity index is 2.03. The summed E-state index contributed by atoms with van der Waals surface area (Å²) in [5.41, 5.74) is 3.67. The van der Waals surface area contributed by atoms with Crippen LogP contribution in [-0.4, -0.2) is 37.9 Å². The quantitative estimate of drug-likeness (QED) is 0.873. The predicted molar refractivity (Wildman–Crippen MR) is 109 cm³/mol. The zero-order valence-corrected chi connectivity index (χ0v) is 17.3. The fourth-order valence-corrected chi connectivity index (χ4v) is 4.30. The summed E-state index contributed by atoms with van der Waals surface area (Å²) in [6.45, 7) is 6.83. The molecule has 0 fully saturated rings. The Bertz CT molecular complexity index is 975. The molecular weight excluding hydrogens is 360 g/mol. The van der Waals surface area contributed by atoms with Crippen molar-refractivity contribution in [3.8, 4) is 0 Å². The highest BCUT2D eigenvalue weighted by molar-refractivity contribution is 7.90. The van der Waals surface area contributed by atoms with Gasteiger partial charge in [0, 0.05) is 23.9 Å². The smallest absolute Gasteiger partial charge is 0.252 e. The van der Waals surface area contributed by atoms with Gasteiger partial charge in [0.1, 0.15) is 9.84 Å². The molecule has 1 aromatic carbocycles.